The molecule has 2 aromatic heterocycles. The summed E-state index contributed by atoms with van der Waals surface area (Å²) >= 11 is 0. The van der Waals surface area contributed by atoms with Crippen molar-refractivity contribution in [2.45, 2.75) is 0 Å². The second kappa shape index (κ2) is 5.83. The van der Waals surface area contributed by atoms with Crippen LogP contribution in [0.25, 0.3) is 0 Å². The zero-order valence-electron chi connectivity index (χ0n) is 10.9. The monoisotopic (exact) mass is 300 g/mol. The third-order valence-corrected chi connectivity index (χ3v) is 2.55. The van der Waals surface area contributed by atoms with E-state index in [1.54, 1.807) is 12.1 Å². The molecule has 0 unspecified atom stereocenters. The fraction of sp³-hybridized carbons (Fsp3) is 0. The standard InChI is InChI=1S/C12H8N6O4/c19-11(21-9-5-13-17-15-9)7-3-1-2-4-8(7)12(20)22-10-6-14-18-16-10/h1-6H,(H,13,15,17)(H,14,16,18). The van der Waals surface area contributed by atoms with Gasteiger partial charge in [0.1, 0.15) is 12.4 Å². The van der Waals surface area contributed by atoms with E-state index in [1.165, 1.54) is 24.5 Å². The first-order chi connectivity index (χ1) is 10.7. The summed E-state index contributed by atoms with van der Waals surface area (Å²) < 4.78 is 9.96. The number of aromatic nitrogens is 6. The zero-order valence-corrected chi connectivity index (χ0v) is 10.9. The van der Waals surface area contributed by atoms with Gasteiger partial charge in [-0.2, -0.15) is 20.6 Å². The molecule has 22 heavy (non-hydrogen) atoms. The molecule has 0 radical (unpaired) electrons. The summed E-state index contributed by atoms with van der Waals surface area (Å²) in [4.78, 5) is 24.2. The van der Waals surface area contributed by atoms with Crippen molar-refractivity contribution in [1.82, 2.24) is 30.8 Å². The van der Waals surface area contributed by atoms with Gasteiger partial charge in [-0.25, -0.2) is 9.59 Å². The molecule has 1 aromatic carbocycles. The first-order valence-electron chi connectivity index (χ1n) is 5.99. The first-order valence-corrected chi connectivity index (χ1v) is 5.99. The zero-order chi connectivity index (χ0) is 15.4. The number of hydrogen-bond acceptors (Lipinski definition) is 8. The van der Waals surface area contributed by atoms with Crippen LogP contribution >= 0.6 is 0 Å². The maximum Gasteiger partial charge on any atom is 0.345 e. The van der Waals surface area contributed by atoms with Gasteiger partial charge in [-0.15, -0.1) is 10.2 Å². The van der Waals surface area contributed by atoms with E-state index in [4.69, 9.17) is 9.47 Å². The van der Waals surface area contributed by atoms with Gasteiger partial charge < -0.3 is 9.47 Å². The molecule has 3 rings (SSSR count). The molecule has 10 heteroatoms. The lowest BCUT2D eigenvalue weighted by Crippen LogP contribution is -2.17. The van der Waals surface area contributed by atoms with Crippen LogP contribution in [0.15, 0.2) is 36.7 Å². The van der Waals surface area contributed by atoms with Crippen molar-refractivity contribution in [2.75, 3.05) is 0 Å². The Balaban J connectivity index is 1.83. The summed E-state index contributed by atoms with van der Waals surface area (Å²) in [7, 11) is 0. The number of benzene rings is 1. The molecule has 0 bridgehead atoms. The number of aromatic amines is 2. The van der Waals surface area contributed by atoms with Gasteiger partial charge in [0.05, 0.1) is 11.1 Å². The minimum absolute atomic E-state index is 0.00956. The summed E-state index contributed by atoms with van der Waals surface area (Å²) in [5, 5.41) is 18.8. The van der Waals surface area contributed by atoms with Crippen LogP contribution in [0.4, 0.5) is 0 Å². The van der Waals surface area contributed by atoms with Gasteiger partial charge in [0.15, 0.2) is 0 Å². The summed E-state index contributed by atoms with van der Waals surface area (Å²) in [6.45, 7) is 0. The van der Waals surface area contributed by atoms with Crippen molar-refractivity contribution >= 4 is 11.9 Å². The van der Waals surface area contributed by atoms with Crippen molar-refractivity contribution in [3.8, 4) is 11.8 Å². The van der Waals surface area contributed by atoms with Crippen LogP contribution in [0.3, 0.4) is 0 Å². The number of ether oxygens (including phenoxy) is 2. The lowest BCUT2D eigenvalue weighted by atomic mass is 10.1. The Bertz CT molecular complexity index is 717. The van der Waals surface area contributed by atoms with Crippen LogP contribution in [0, 0.1) is 0 Å². The van der Waals surface area contributed by atoms with E-state index in [0.717, 1.165) is 0 Å². The van der Waals surface area contributed by atoms with Crippen LogP contribution in [0.1, 0.15) is 20.7 Å². The van der Waals surface area contributed by atoms with Gasteiger partial charge >= 0.3 is 11.9 Å². The normalized spacial score (nSPS) is 10.2. The van der Waals surface area contributed by atoms with E-state index in [1.807, 2.05) is 0 Å². The van der Waals surface area contributed by atoms with E-state index in [-0.39, 0.29) is 22.9 Å². The number of nitrogens with zero attached hydrogens (tertiary/aromatic N) is 4. The van der Waals surface area contributed by atoms with Gasteiger partial charge in [0.25, 0.3) is 11.8 Å². The number of nitrogens with one attached hydrogen (secondary N) is 2. The van der Waals surface area contributed by atoms with Gasteiger partial charge in [-0.3, -0.25) is 0 Å². The summed E-state index contributed by atoms with van der Waals surface area (Å²) in [5.41, 5.74) is 0.0537. The van der Waals surface area contributed by atoms with E-state index in [0.29, 0.717) is 0 Å². The highest BCUT2D eigenvalue weighted by Crippen LogP contribution is 2.14. The van der Waals surface area contributed by atoms with Gasteiger partial charge in [0, 0.05) is 0 Å². The van der Waals surface area contributed by atoms with Crippen LogP contribution in [0.2, 0.25) is 0 Å². The third kappa shape index (κ3) is 2.80. The molecule has 0 fully saturated rings. The number of rotatable bonds is 4. The van der Waals surface area contributed by atoms with Gasteiger partial charge in [0.2, 0.25) is 0 Å². The topological polar surface area (TPSA) is 136 Å². The van der Waals surface area contributed by atoms with Crippen molar-refractivity contribution in [2.24, 2.45) is 0 Å². The predicted molar refractivity (Wildman–Crippen MR) is 69.1 cm³/mol. The Morgan fingerprint density at radius 3 is 1.64 bits per heavy atom. The second-order valence-corrected chi connectivity index (χ2v) is 3.94. The molecule has 10 nitrogen and oxygen atoms in total. The minimum Gasteiger partial charge on any atom is -0.400 e. The maximum atomic E-state index is 12.1. The van der Waals surface area contributed by atoms with E-state index in [2.05, 4.69) is 30.8 Å². The fourth-order valence-electron chi connectivity index (χ4n) is 1.62. The molecule has 2 heterocycles. The van der Waals surface area contributed by atoms with Crippen LogP contribution in [-0.4, -0.2) is 42.8 Å². The second-order valence-electron chi connectivity index (χ2n) is 3.94. The highest BCUT2D eigenvalue weighted by molar-refractivity contribution is 6.04. The number of H-pyrrole nitrogens is 2. The van der Waals surface area contributed by atoms with Crippen molar-refractivity contribution in [1.29, 1.82) is 0 Å². The molecule has 0 amide bonds. The molecule has 0 aliphatic carbocycles. The van der Waals surface area contributed by atoms with E-state index in [9.17, 15) is 9.59 Å². The first kappa shape index (κ1) is 13.4. The average molecular weight is 300 g/mol. The molecule has 0 atom stereocenters. The lowest BCUT2D eigenvalue weighted by molar-refractivity contribution is 0.0684. The molecule has 0 aliphatic heterocycles. The lowest BCUT2D eigenvalue weighted by Gasteiger charge is -2.06. The SMILES string of the molecule is O=C(Oc1cn[nH]n1)c1ccccc1C(=O)Oc1cn[nH]n1. The average Bonchev–Trinajstić information content (AvgIpc) is 3.21. The largest absolute Gasteiger partial charge is 0.400 e. The smallest absolute Gasteiger partial charge is 0.345 e. The molecular weight excluding hydrogens is 292 g/mol. The summed E-state index contributed by atoms with van der Waals surface area (Å²) in [6, 6.07) is 6.04. The third-order valence-electron chi connectivity index (χ3n) is 2.55. The number of carbonyl (C=O) groups excluding carboxylic acids is 2. The maximum absolute atomic E-state index is 12.1. The minimum atomic E-state index is -0.762. The Morgan fingerprint density at radius 2 is 1.27 bits per heavy atom. The highest BCUT2D eigenvalue weighted by atomic mass is 16.6. The molecule has 0 aliphatic rings. The van der Waals surface area contributed by atoms with Crippen LogP contribution < -0.4 is 9.47 Å². The molecule has 0 saturated heterocycles. The number of esters is 2. The molecule has 2 N–H and O–H groups in total. The Labute approximate surface area is 122 Å². The quantitative estimate of drug-likeness (QED) is 0.659. The van der Waals surface area contributed by atoms with Crippen LogP contribution in [-0.2, 0) is 0 Å². The molecule has 110 valence electrons. The van der Waals surface area contributed by atoms with Gasteiger partial charge in [-0.05, 0) is 12.1 Å². The van der Waals surface area contributed by atoms with Crippen molar-refractivity contribution < 1.29 is 19.1 Å². The molecular formula is C12H8N6O4. The Hall–Kier alpha value is -3.56. The molecule has 0 spiro atoms. The Morgan fingerprint density at radius 1 is 0.818 bits per heavy atom. The van der Waals surface area contributed by atoms with E-state index < -0.39 is 11.9 Å². The van der Waals surface area contributed by atoms with Crippen molar-refractivity contribution in [3.63, 3.8) is 0 Å². The number of hydrogen-bond donors (Lipinski definition) is 2. The predicted octanol–water partition coefficient (Wildman–Crippen LogP) is 0.361. The van der Waals surface area contributed by atoms with Gasteiger partial charge in [-0.1, -0.05) is 12.1 Å². The van der Waals surface area contributed by atoms with Crippen LogP contribution in [0.5, 0.6) is 11.8 Å². The highest BCUT2D eigenvalue weighted by Gasteiger charge is 2.21. The number of carbonyl (C=O) groups is 2. The summed E-state index contributed by atoms with van der Waals surface area (Å²) in [6.07, 6.45) is 2.46. The van der Waals surface area contributed by atoms with E-state index >= 15 is 0 Å². The molecule has 3 aromatic rings. The summed E-state index contributed by atoms with van der Waals surface area (Å²) in [5.74, 6) is -1.54. The fourth-order valence-corrected chi connectivity index (χ4v) is 1.62. The Kier molecular flexibility index (Phi) is 3.56. The van der Waals surface area contributed by atoms with Crippen molar-refractivity contribution in [3.05, 3.63) is 47.8 Å². The molecule has 0 saturated carbocycles.